The number of sulfonamides is 1. The van der Waals surface area contributed by atoms with Crippen LogP contribution in [0.5, 0.6) is 0 Å². The van der Waals surface area contributed by atoms with Crippen molar-refractivity contribution in [1.82, 2.24) is 10.2 Å². The molecule has 8 heteroatoms. The van der Waals surface area contributed by atoms with Gasteiger partial charge in [-0.25, -0.2) is 8.42 Å². The average molecular weight is 550 g/mol. The van der Waals surface area contributed by atoms with E-state index < -0.39 is 28.5 Å². The molecule has 0 aromatic heterocycles. The number of para-hydroxylation sites is 1. The predicted octanol–water partition coefficient (Wildman–Crippen LogP) is 4.87. The van der Waals surface area contributed by atoms with E-state index in [1.165, 1.54) is 4.90 Å². The van der Waals surface area contributed by atoms with Crippen molar-refractivity contribution in [3.05, 3.63) is 95.6 Å². The van der Waals surface area contributed by atoms with Crippen molar-refractivity contribution in [3.8, 4) is 0 Å². The molecular formula is C31H39N3O4S. The monoisotopic (exact) mass is 549 g/mol. The van der Waals surface area contributed by atoms with Gasteiger partial charge in [-0.05, 0) is 69.9 Å². The zero-order valence-electron chi connectivity index (χ0n) is 23.4. The van der Waals surface area contributed by atoms with E-state index in [2.05, 4.69) is 5.32 Å². The molecule has 0 heterocycles. The minimum Gasteiger partial charge on any atom is -0.352 e. The van der Waals surface area contributed by atoms with Crippen LogP contribution >= 0.6 is 0 Å². The van der Waals surface area contributed by atoms with E-state index in [1.54, 1.807) is 36.4 Å². The number of benzene rings is 3. The Morgan fingerprint density at radius 3 is 2.08 bits per heavy atom. The Morgan fingerprint density at radius 2 is 1.49 bits per heavy atom. The van der Waals surface area contributed by atoms with Gasteiger partial charge in [-0.15, -0.1) is 0 Å². The van der Waals surface area contributed by atoms with Crippen molar-refractivity contribution in [3.63, 3.8) is 0 Å². The van der Waals surface area contributed by atoms with Gasteiger partial charge < -0.3 is 10.2 Å². The highest BCUT2D eigenvalue weighted by Crippen LogP contribution is 2.27. The van der Waals surface area contributed by atoms with Crippen LogP contribution in [-0.2, 0) is 26.0 Å². The van der Waals surface area contributed by atoms with Gasteiger partial charge in [0.2, 0.25) is 11.8 Å². The fourth-order valence-electron chi connectivity index (χ4n) is 4.47. The summed E-state index contributed by atoms with van der Waals surface area (Å²) in [5.41, 5.74) is 3.11. The Balaban J connectivity index is 2.02. The molecule has 3 rings (SSSR count). The second-order valence-electron chi connectivity index (χ2n) is 10.0. The Kier molecular flexibility index (Phi) is 10.3. The van der Waals surface area contributed by atoms with Crippen LogP contribution in [0.3, 0.4) is 0 Å². The molecule has 3 aromatic carbocycles. The molecule has 2 amide bonds. The summed E-state index contributed by atoms with van der Waals surface area (Å²) in [7, 11) is -4.08. The first-order chi connectivity index (χ1) is 18.5. The number of nitrogens with zero attached hydrogens (tertiary/aromatic N) is 2. The van der Waals surface area contributed by atoms with Crippen LogP contribution < -0.4 is 9.62 Å². The topological polar surface area (TPSA) is 86.8 Å². The number of rotatable bonds is 12. The third-order valence-electron chi connectivity index (χ3n) is 6.57. The lowest BCUT2D eigenvalue weighted by Crippen LogP contribution is -2.54. The molecular weight excluding hydrogens is 510 g/mol. The molecule has 0 saturated heterocycles. The van der Waals surface area contributed by atoms with Crippen molar-refractivity contribution < 1.29 is 18.0 Å². The number of carbonyl (C=O) groups is 2. The van der Waals surface area contributed by atoms with E-state index in [0.717, 1.165) is 21.0 Å². The summed E-state index contributed by atoms with van der Waals surface area (Å²) in [6.07, 6.45) is 0.932. The number of hydrogen-bond acceptors (Lipinski definition) is 4. The number of aryl methyl sites for hydroxylation is 2. The summed E-state index contributed by atoms with van der Waals surface area (Å²) in [4.78, 5) is 28.8. The number of anilines is 1. The fraction of sp³-hybridized carbons (Fsp3) is 0.355. The Bertz CT molecular complexity index is 1360. The third kappa shape index (κ3) is 7.69. The average Bonchev–Trinajstić information content (AvgIpc) is 2.90. The Hall–Kier alpha value is -3.65. The standard InChI is InChI=1S/C31H39N3O4S/c1-6-28(31(36)32-23(2)3)33(21-20-26-13-8-7-9-14-26)30(35)22-34(29-15-11-10-12-25(29)5)39(37,38)27-18-16-24(4)17-19-27/h7-19,23,28H,6,20-22H2,1-5H3,(H,32,36). The van der Waals surface area contributed by atoms with E-state index in [9.17, 15) is 18.0 Å². The minimum absolute atomic E-state index is 0.0944. The van der Waals surface area contributed by atoms with Gasteiger partial charge in [0.1, 0.15) is 12.6 Å². The van der Waals surface area contributed by atoms with Gasteiger partial charge in [0.25, 0.3) is 10.0 Å². The number of nitrogens with one attached hydrogen (secondary N) is 1. The lowest BCUT2D eigenvalue weighted by Gasteiger charge is -2.34. The van der Waals surface area contributed by atoms with Gasteiger partial charge in [0.05, 0.1) is 10.6 Å². The molecule has 0 fully saturated rings. The van der Waals surface area contributed by atoms with Crippen LogP contribution in [0.25, 0.3) is 0 Å². The SMILES string of the molecule is CCC(C(=O)NC(C)C)N(CCc1ccccc1)C(=O)CN(c1ccccc1C)S(=O)(=O)c1ccc(C)cc1. The Morgan fingerprint density at radius 1 is 0.872 bits per heavy atom. The number of carbonyl (C=O) groups excluding carboxylic acids is 2. The quantitative estimate of drug-likeness (QED) is 0.349. The number of hydrogen-bond donors (Lipinski definition) is 1. The van der Waals surface area contributed by atoms with E-state index in [4.69, 9.17) is 0 Å². The van der Waals surface area contributed by atoms with E-state index >= 15 is 0 Å². The van der Waals surface area contributed by atoms with Crippen LogP contribution in [0.1, 0.15) is 43.9 Å². The minimum atomic E-state index is -4.08. The second kappa shape index (κ2) is 13.4. The van der Waals surface area contributed by atoms with E-state index in [-0.39, 0.29) is 23.4 Å². The summed E-state index contributed by atoms with van der Waals surface area (Å²) in [5, 5.41) is 2.92. The fourth-order valence-corrected chi connectivity index (χ4v) is 5.95. The first-order valence-electron chi connectivity index (χ1n) is 13.3. The van der Waals surface area contributed by atoms with E-state index in [1.807, 2.05) is 77.1 Å². The normalized spacial score (nSPS) is 12.2. The lowest BCUT2D eigenvalue weighted by molar-refractivity contribution is -0.139. The van der Waals surface area contributed by atoms with Gasteiger partial charge in [-0.2, -0.15) is 0 Å². The molecule has 1 unspecified atom stereocenters. The molecule has 0 aliphatic heterocycles. The van der Waals surface area contributed by atoms with Gasteiger partial charge in [0.15, 0.2) is 0 Å². The van der Waals surface area contributed by atoms with Gasteiger partial charge in [-0.3, -0.25) is 13.9 Å². The summed E-state index contributed by atoms with van der Waals surface area (Å²) >= 11 is 0. The molecule has 208 valence electrons. The molecule has 7 nitrogen and oxygen atoms in total. The molecule has 0 aliphatic rings. The smallest absolute Gasteiger partial charge is 0.264 e. The highest BCUT2D eigenvalue weighted by atomic mass is 32.2. The van der Waals surface area contributed by atoms with Crippen LogP contribution in [-0.4, -0.2) is 50.3 Å². The molecule has 1 N–H and O–H groups in total. The van der Waals surface area contributed by atoms with Crippen molar-refractivity contribution in [2.75, 3.05) is 17.4 Å². The lowest BCUT2D eigenvalue weighted by atomic mass is 10.1. The third-order valence-corrected chi connectivity index (χ3v) is 8.35. The van der Waals surface area contributed by atoms with Gasteiger partial charge in [0, 0.05) is 12.6 Å². The molecule has 39 heavy (non-hydrogen) atoms. The van der Waals surface area contributed by atoms with Gasteiger partial charge in [-0.1, -0.05) is 73.2 Å². The molecule has 0 radical (unpaired) electrons. The van der Waals surface area contributed by atoms with Crippen molar-refractivity contribution in [1.29, 1.82) is 0 Å². The maximum Gasteiger partial charge on any atom is 0.264 e. The van der Waals surface area contributed by atoms with Gasteiger partial charge >= 0.3 is 0 Å². The molecule has 0 bridgehead atoms. The van der Waals surface area contributed by atoms with Crippen LogP contribution in [0.2, 0.25) is 0 Å². The summed E-state index contributed by atoms with van der Waals surface area (Å²) in [6, 6.07) is 22.6. The largest absolute Gasteiger partial charge is 0.352 e. The molecule has 3 aromatic rings. The van der Waals surface area contributed by atoms with Crippen LogP contribution in [0, 0.1) is 13.8 Å². The maximum atomic E-state index is 14.0. The maximum absolute atomic E-state index is 14.0. The summed E-state index contributed by atoms with van der Waals surface area (Å²) in [5.74, 6) is -0.687. The molecule has 0 aliphatic carbocycles. The molecule has 0 saturated carbocycles. The zero-order valence-corrected chi connectivity index (χ0v) is 24.2. The van der Waals surface area contributed by atoms with Crippen LogP contribution in [0.15, 0.2) is 83.8 Å². The first-order valence-corrected chi connectivity index (χ1v) is 14.8. The summed E-state index contributed by atoms with van der Waals surface area (Å²) < 4.78 is 29.0. The highest BCUT2D eigenvalue weighted by molar-refractivity contribution is 7.92. The van der Waals surface area contributed by atoms with Crippen molar-refractivity contribution >= 4 is 27.5 Å². The van der Waals surface area contributed by atoms with Crippen LogP contribution in [0.4, 0.5) is 5.69 Å². The first kappa shape index (κ1) is 29.9. The zero-order chi connectivity index (χ0) is 28.6. The van der Waals surface area contributed by atoms with Crippen molar-refractivity contribution in [2.45, 2.75) is 64.4 Å². The Labute approximate surface area is 232 Å². The molecule has 1 atom stereocenters. The predicted molar refractivity (Wildman–Crippen MR) is 156 cm³/mol. The number of amides is 2. The highest BCUT2D eigenvalue weighted by Gasteiger charge is 2.34. The van der Waals surface area contributed by atoms with Crippen molar-refractivity contribution in [2.24, 2.45) is 0 Å². The molecule has 0 spiro atoms. The van der Waals surface area contributed by atoms with E-state index in [0.29, 0.717) is 18.5 Å². The summed E-state index contributed by atoms with van der Waals surface area (Å²) in [6.45, 7) is 9.14. The second-order valence-corrected chi connectivity index (χ2v) is 11.9.